The molecule has 110 valence electrons. The summed E-state index contributed by atoms with van der Waals surface area (Å²) in [6, 6.07) is 3.78. The minimum Gasteiger partial charge on any atom is -0.477 e. The summed E-state index contributed by atoms with van der Waals surface area (Å²) in [7, 11) is 0. The molecule has 1 aliphatic rings. The average molecular weight is 297 g/mol. The van der Waals surface area contributed by atoms with Crippen LogP contribution >= 0.6 is 11.6 Å². The fourth-order valence-electron chi connectivity index (χ4n) is 2.09. The maximum atomic E-state index is 11.9. The lowest BCUT2D eigenvalue weighted by atomic mass is 9.84. The summed E-state index contributed by atoms with van der Waals surface area (Å²) < 4.78 is 5.64. The third kappa shape index (κ3) is 4.10. The van der Waals surface area contributed by atoms with E-state index in [9.17, 15) is 4.79 Å². The van der Waals surface area contributed by atoms with Crippen molar-refractivity contribution < 1.29 is 9.53 Å². The first kappa shape index (κ1) is 15.1. The molecule has 0 saturated heterocycles. The minimum atomic E-state index is 0.0682. The van der Waals surface area contributed by atoms with Crippen LogP contribution in [-0.2, 0) is 11.3 Å². The Balaban J connectivity index is 1.83. The number of alkyl halides is 1. The fraction of sp³-hybridized carbons (Fsp3) is 0.600. The van der Waals surface area contributed by atoms with Gasteiger partial charge in [-0.2, -0.15) is 0 Å². The number of hydrogen-bond acceptors (Lipinski definition) is 3. The maximum Gasteiger partial charge on any atom is 0.223 e. The highest BCUT2D eigenvalue weighted by Crippen LogP contribution is 2.32. The molecule has 0 unspecified atom stereocenters. The summed E-state index contributed by atoms with van der Waals surface area (Å²) in [5.41, 5.74) is 0.915. The molecule has 1 heterocycles. The number of carbonyl (C=O) groups excluding carboxylic acids is 1. The van der Waals surface area contributed by atoms with E-state index in [0.717, 1.165) is 31.2 Å². The number of pyridine rings is 1. The Morgan fingerprint density at radius 1 is 1.55 bits per heavy atom. The number of rotatable bonds is 7. The number of hydrogen-bond donors (Lipinski definition) is 1. The van der Waals surface area contributed by atoms with Crippen molar-refractivity contribution in [2.24, 2.45) is 5.92 Å². The summed E-state index contributed by atoms with van der Waals surface area (Å²) in [4.78, 5) is 16.1. The van der Waals surface area contributed by atoms with Crippen LogP contribution in [0.25, 0.3) is 0 Å². The van der Waals surface area contributed by atoms with Crippen molar-refractivity contribution in [1.29, 1.82) is 0 Å². The largest absolute Gasteiger partial charge is 0.477 e. The Morgan fingerprint density at radius 2 is 2.35 bits per heavy atom. The van der Waals surface area contributed by atoms with Gasteiger partial charge in [-0.25, -0.2) is 4.98 Å². The Kier molecular flexibility index (Phi) is 5.65. The monoisotopic (exact) mass is 296 g/mol. The average Bonchev–Trinajstić information content (AvgIpc) is 2.43. The number of carbonyl (C=O) groups is 1. The Morgan fingerprint density at radius 3 is 3.05 bits per heavy atom. The molecule has 0 aliphatic heterocycles. The van der Waals surface area contributed by atoms with Gasteiger partial charge in [0.1, 0.15) is 0 Å². The molecule has 1 fully saturated rings. The van der Waals surface area contributed by atoms with Crippen LogP contribution in [0.2, 0.25) is 0 Å². The molecule has 1 N–H and O–H groups in total. The standard InChI is InChI=1S/C15H21ClN2O2/c1-2-3-7-20-15-11(5-4-6-17-15)10-18-14(19)12-8-13(16)9-12/h4-6,12-13H,2-3,7-10H2,1H3,(H,18,19). The lowest BCUT2D eigenvalue weighted by Crippen LogP contribution is -2.39. The zero-order valence-electron chi connectivity index (χ0n) is 11.8. The van der Waals surface area contributed by atoms with Crippen molar-refractivity contribution in [2.75, 3.05) is 6.61 Å². The lowest BCUT2D eigenvalue weighted by molar-refractivity contribution is -0.127. The Bertz CT molecular complexity index is 447. The van der Waals surface area contributed by atoms with Crippen LogP contribution in [0.3, 0.4) is 0 Å². The van der Waals surface area contributed by atoms with Crippen molar-refractivity contribution >= 4 is 17.5 Å². The summed E-state index contributed by atoms with van der Waals surface area (Å²) >= 11 is 5.89. The van der Waals surface area contributed by atoms with Crippen LogP contribution in [0.15, 0.2) is 18.3 Å². The van der Waals surface area contributed by atoms with Gasteiger partial charge in [-0.1, -0.05) is 19.4 Å². The predicted octanol–water partition coefficient (Wildman–Crippen LogP) is 2.89. The molecule has 0 radical (unpaired) electrons. The first-order valence-electron chi connectivity index (χ1n) is 7.19. The Labute approximate surface area is 124 Å². The van der Waals surface area contributed by atoms with E-state index in [-0.39, 0.29) is 17.2 Å². The van der Waals surface area contributed by atoms with Crippen LogP contribution < -0.4 is 10.1 Å². The van der Waals surface area contributed by atoms with E-state index < -0.39 is 0 Å². The summed E-state index contributed by atoms with van der Waals surface area (Å²) in [6.07, 6.45) is 5.35. The van der Waals surface area contributed by atoms with E-state index in [4.69, 9.17) is 16.3 Å². The molecule has 1 aliphatic carbocycles. The van der Waals surface area contributed by atoms with Crippen molar-refractivity contribution in [3.63, 3.8) is 0 Å². The molecule has 1 saturated carbocycles. The highest BCUT2D eigenvalue weighted by atomic mass is 35.5. The molecule has 2 rings (SSSR count). The molecule has 0 bridgehead atoms. The quantitative estimate of drug-likeness (QED) is 0.622. The number of unbranched alkanes of at least 4 members (excludes halogenated alkanes) is 1. The van der Waals surface area contributed by atoms with Gasteiger partial charge < -0.3 is 10.1 Å². The molecular formula is C15H21ClN2O2. The third-order valence-corrected chi connectivity index (χ3v) is 3.85. The number of ether oxygens (including phenoxy) is 1. The van der Waals surface area contributed by atoms with Crippen LogP contribution in [-0.4, -0.2) is 22.9 Å². The molecule has 1 aromatic heterocycles. The minimum absolute atomic E-state index is 0.0682. The molecule has 1 amide bonds. The van der Waals surface area contributed by atoms with Crippen LogP contribution in [0.5, 0.6) is 5.88 Å². The van der Waals surface area contributed by atoms with Crippen molar-refractivity contribution in [3.8, 4) is 5.88 Å². The second-order valence-corrected chi connectivity index (χ2v) is 5.77. The van der Waals surface area contributed by atoms with Crippen LogP contribution in [0.1, 0.15) is 38.2 Å². The van der Waals surface area contributed by atoms with Gasteiger partial charge in [-0.3, -0.25) is 4.79 Å². The van der Waals surface area contributed by atoms with E-state index >= 15 is 0 Å². The fourth-order valence-corrected chi connectivity index (χ4v) is 2.52. The Hall–Kier alpha value is -1.29. The van der Waals surface area contributed by atoms with Crippen molar-refractivity contribution in [1.82, 2.24) is 10.3 Å². The van der Waals surface area contributed by atoms with Gasteiger partial charge in [0.2, 0.25) is 11.8 Å². The summed E-state index contributed by atoms with van der Waals surface area (Å²) in [5, 5.41) is 3.10. The molecule has 20 heavy (non-hydrogen) atoms. The zero-order valence-corrected chi connectivity index (χ0v) is 12.5. The number of amides is 1. The first-order chi connectivity index (χ1) is 9.70. The summed E-state index contributed by atoms with van der Waals surface area (Å²) in [5.74, 6) is 0.758. The highest BCUT2D eigenvalue weighted by molar-refractivity contribution is 6.21. The van der Waals surface area contributed by atoms with Gasteiger partial charge in [-0.05, 0) is 25.3 Å². The maximum absolute atomic E-state index is 11.9. The SMILES string of the molecule is CCCCOc1ncccc1CNC(=O)C1CC(Cl)C1. The number of nitrogens with one attached hydrogen (secondary N) is 1. The topological polar surface area (TPSA) is 51.2 Å². The van der Waals surface area contributed by atoms with Crippen molar-refractivity contribution in [2.45, 2.75) is 44.5 Å². The molecule has 0 aromatic carbocycles. The third-order valence-electron chi connectivity index (χ3n) is 3.49. The van der Waals surface area contributed by atoms with Crippen molar-refractivity contribution in [3.05, 3.63) is 23.9 Å². The zero-order chi connectivity index (χ0) is 14.4. The molecule has 5 heteroatoms. The molecule has 1 aromatic rings. The molecule has 4 nitrogen and oxygen atoms in total. The first-order valence-corrected chi connectivity index (χ1v) is 7.62. The number of aromatic nitrogens is 1. The van der Waals surface area contributed by atoms with E-state index in [0.29, 0.717) is 19.0 Å². The summed E-state index contributed by atoms with van der Waals surface area (Å²) in [6.45, 7) is 3.23. The normalized spacial score (nSPS) is 21.1. The number of halogens is 1. The van der Waals surface area contributed by atoms with E-state index in [1.54, 1.807) is 6.20 Å². The van der Waals surface area contributed by atoms with E-state index in [2.05, 4.69) is 17.2 Å². The van der Waals surface area contributed by atoms with Gasteiger partial charge in [-0.15, -0.1) is 11.6 Å². The van der Waals surface area contributed by atoms with Crippen LogP contribution in [0.4, 0.5) is 0 Å². The van der Waals surface area contributed by atoms with E-state index in [1.807, 2.05) is 12.1 Å². The second-order valence-electron chi connectivity index (χ2n) is 5.15. The predicted molar refractivity (Wildman–Crippen MR) is 78.9 cm³/mol. The second kappa shape index (κ2) is 7.48. The molecular weight excluding hydrogens is 276 g/mol. The smallest absolute Gasteiger partial charge is 0.223 e. The highest BCUT2D eigenvalue weighted by Gasteiger charge is 2.32. The van der Waals surface area contributed by atoms with Gasteiger partial charge in [0.15, 0.2) is 0 Å². The van der Waals surface area contributed by atoms with Crippen LogP contribution in [0, 0.1) is 5.92 Å². The van der Waals surface area contributed by atoms with E-state index in [1.165, 1.54) is 0 Å². The molecule has 0 atom stereocenters. The van der Waals surface area contributed by atoms with Gasteiger partial charge in [0, 0.05) is 29.6 Å². The van der Waals surface area contributed by atoms with Gasteiger partial charge in [0.25, 0.3) is 0 Å². The molecule has 0 spiro atoms. The number of nitrogens with zero attached hydrogens (tertiary/aromatic N) is 1. The lowest BCUT2D eigenvalue weighted by Gasteiger charge is -2.29. The van der Waals surface area contributed by atoms with Gasteiger partial charge >= 0.3 is 0 Å². The van der Waals surface area contributed by atoms with Gasteiger partial charge in [0.05, 0.1) is 6.61 Å².